The normalized spacial score (nSPS) is 19.4. The van der Waals surface area contributed by atoms with Gasteiger partial charge in [0.25, 0.3) is 10.0 Å². The highest BCUT2D eigenvalue weighted by molar-refractivity contribution is 7.89. The maximum Gasteiger partial charge on any atom is 0.261 e. The first-order chi connectivity index (χ1) is 9.38. The van der Waals surface area contributed by atoms with Gasteiger partial charge < -0.3 is 5.32 Å². The van der Waals surface area contributed by atoms with Crippen molar-refractivity contribution in [2.24, 2.45) is 0 Å². The fourth-order valence-electron chi connectivity index (χ4n) is 2.58. The lowest BCUT2D eigenvalue weighted by atomic mass is 10.0. The number of rotatable bonds is 5. The maximum atomic E-state index is 12.6. The van der Waals surface area contributed by atoms with Crippen molar-refractivity contribution in [1.82, 2.24) is 14.6 Å². The Morgan fingerprint density at radius 3 is 2.65 bits per heavy atom. The number of aromatic nitrogens is 1. The van der Waals surface area contributed by atoms with Crippen LogP contribution in [-0.4, -0.2) is 36.3 Å². The zero-order valence-electron chi connectivity index (χ0n) is 12.4. The molecule has 1 N–H and O–H groups in total. The van der Waals surface area contributed by atoms with Gasteiger partial charge in [0.2, 0.25) is 0 Å². The van der Waals surface area contributed by atoms with Gasteiger partial charge in [-0.2, -0.15) is 4.31 Å². The minimum absolute atomic E-state index is 0.146. The van der Waals surface area contributed by atoms with E-state index in [0.717, 1.165) is 24.9 Å². The lowest BCUT2D eigenvalue weighted by molar-refractivity contribution is 0.291. The van der Waals surface area contributed by atoms with E-state index in [4.69, 9.17) is 0 Å². The molecule has 2 heterocycles. The topological polar surface area (TPSA) is 62.3 Å². The number of pyridine rings is 1. The molecule has 0 aromatic carbocycles. The molecule has 1 aliphatic heterocycles. The number of nitrogens with one attached hydrogen (secondary N) is 1. The van der Waals surface area contributed by atoms with Crippen LogP contribution < -0.4 is 5.32 Å². The number of nitrogens with zero attached hydrogens (tertiary/aromatic N) is 2. The lowest BCUT2D eigenvalue weighted by Gasteiger charge is -2.30. The molecule has 0 aliphatic carbocycles. The summed E-state index contributed by atoms with van der Waals surface area (Å²) >= 11 is 0. The lowest BCUT2D eigenvalue weighted by Crippen LogP contribution is -2.42. The maximum absolute atomic E-state index is 12.6. The first-order valence-electron chi connectivity index (χ1n) is 7.06. The van der Waals surface area contributed by atoms with E-state index in [2.05, 4.69) is 10.3 Å². The monoisotopic (exact) mass is 297 g/mol. The summed E-state index contributed by atoms with van der Waals surface area (Å²) in [5.74, 6) is 0. The van der Waals surface area contributed by atoms with E-state index in [1.807, 2.05) is 26.8 Å². The first kappa shape index (κ1) is 15.4. The molecule has 1 aromatic rings. The molecule has 0 saturated carbocycles. The molecular weight excluding hydrogens is 274 g/mol. The second kappa shape index (κ2) is 5.79. The molecular formula is C14H23N3O2S. The third kappa shape index (κ3) is 3.02. The average Bonchev–Trinajstić information content (AvgIpc) is 2.77. The van der Waals surface area contributed by atoms with Gasteiger partial charge in [-0.25, -0.2) is 13.4 Å². The Kier molecular flexibility index (Phi) is 4.46. The molecule has 0 spiro atoms. The summed E-state index contributed by atoms with van der Waals surface area (Å²) in [7, 11) is -3.48. The Bertz CT molecular complexity index is 552. The van der Waals surface area contributed by atoms with E-state index in [1.54, 1.807) is 16.6 Å². The number of sulfonamides is 1. The van der Waals surface area contributed by atoms with Crippen LogP contribution in [-0.2, 0) is 16.6 Å². The van der Waals surface area contributed by atoms with Crippen LogP contribution in [0, 0.1) is 0 Å². The zero-order chi connectivity index (χ0) is 14.8. The molecule has 1 saturated heterocycles. The van der Waals surface area contributed by atoms with Gasteiger partial charge in [0, 0.05) is 24.8 Å². The largest absolute Gasteiger partial charge is 0.313 e. The van der Waals surface area contributed by atoms with E-state index in [0.29, 0.717) is 13.1 Å². The minimum atomic E-state index is -3.48. The molecule has 0 bridgehead atoms. The van der Waals surface area contributed by atoms with E-state index >= 15 is 0 Å². The van der Waals surface area contributed by atoms with Crippen LogP contribution in [0.4, 0.5) is 0 Å². The van der Waals surface area contributed by atoms with Gasteiger partial charge in [-0.3, -0.25) is 0 Å². The SMILES string of the molecule is CCNCc1ccc(S(=O)(=O)N2CCCC2(C)C)nc1. The second-order valence-electron chi connectivity index (χ2n) is 5.78. The van der Waals surface area contributed by atoms with Crippen LogP contribution in [0.3, 0.4) is 0 Å². The predicted octanol–water partition coefficient (Wildman–Crippen LogP) is 1.75. The van der Waals surface area contributed by atoms with Crippen LogP contribution in [0.5, 0.6) is 0 Å². The first-order valence-corrected chi connectivity index (χ1v) is 8.50. The molecule has 0 unspecified atom stereocenters. The summed E-state index contributed by atoms with van der Waals surface area (Å²) in [5.41, 5.74) is 0.676. The summed E-state index contributed by atoms with van der Waals surface area (Å²) in [6.45, 7) is 8.13. The third-order valence-corrected chi connectivity index (χ3v) is 5.78. The Morgan fingerprint density at radius 1 is 1.40 bits per heavy atom. The number of hydrogen-bond donors (Lipinski definition) is 1. The molecule has 5 nitrogen and oxygen atoms in total. The average molecular weight is 297 g/mol. The molecule has 20 heavy (non-hydrogen) atoms. The van der Waals surface area contributed by atoms with Gasteiger partial charge in [-0.15, -0.1) is 0 Å². The van der Waals surface area contributed by atoms with Gasteiger partial charge in [0.05, 0.1) is 0 Å². The van der Waals surface area contributed by atoms with Gasteiger partial charge in [0.15, 0.2) is 5.03 Å². The number of hydrogen-bond acceptors (Lipinski definition) is 4. The van der Waals surface area contributed by atoms with Crippen LogP contribution in [0.15, 0.2) is 23.4 Å². The molecule has 1 aromatic heterocycles. The summed E-state index contributed by atoms with van der Waals surface area (Å²) in [6.07, 6.45) is 3.44. The highest BCUT2D eigenvalue weighted by Gasteiger charge is 2.41. The van der Waals surface area contributed by atoms with Crippen molar-refractivity contribution in [2.75, 3.05) is 13.1 Å². The van der Waals surface area contributed by atoms with Crippen molar-refractivity contribution in [3.05, 3.63) is 23.9 Å². The van der Waals surface area contributed by atoms with Gasteiger partial charge >= 0.3 is 0 Å². The van der Waals surface area contributed by atoms with Crippen molar-refractivity contribution in [3.8, 4) is 0 Å². The molecule has 2 rings (SSSR count). The van der Waals surface area contributed by atoms with Gasteiger partial charge in [-0.1, -0.05) is 13.0 Å². The van der Waals surface area contributed by atoms with Crippen molar-refractivity contribution in [3.63, 3.8) is 0 Å². The quantitative estimate of drug-likeness (QED) is 0.899. The summed E-state index contributed by atoms with van der Waals surface area (Å²) < 4.78 is 26.8. The van der Waals surface area contributed by atoms with E-state index in [1.165, 1.54) is 0 Å². The van der Waals surface area contributed by atoms with E-state index in [9.17, 15) is 8.42 Å². The molecule has 112 valence electrons. The standard InChI is InChI=1S/C14H23N3O2S/c1-4-15-10-12-6-7-13(16-11-12)20(18,19)17-9-5-8-14(17,2)3/h6-7,11,15H,4-5,8-10H2,1-3H3. The van der Waals surface area contributed by atoms with Crippen LogP contribution in [0.1, 0.15) is 39.2 Å². The van der Waals surface area contributed by atoms with Gasteiger partial charge in [0.1, 0.15) is 0 Å². The molecule has 6 heteroatoms. The second-order valence-corrected chi connectivity index (χ2v) is 7.59. The van der Waals surface area contributed by atoms with Crippen molar-refractivity contribution >= 4 is 10.0 Å². The Labute approximate surface area is 121 Å². The summed E-state index contributed by atoms with van der Waals surface area (Å²) in [5, 5.41) is 3.34. The molecule has 0 atom stereocenters. The van der Waals surface area contributed by atoms with E-state index < -0.39 is 10.0 Å². The summed E-state index contributed by atoms with van der Waals surface area (Å²) in [4.78, 5) is 4.14. The molecule has 1 aliphatic rings. The minimum Gasteiger partial charge on any atom is -0.313 e. The Balaban J connectivity index is 2.22. The van der Waals surface area contributed by atoms with Crippen molar-refractivity contribution < 1.29 is 8.42 Å². The summed E-state index contributed by atoms with van der Waals surface area (Å²) in [6, 6.07) is 3.43. The van der Waals surface area contributed by atoms with Crippen molar-refractivity contribution in [2.45, 2.75) is 50.7 Å². The fraction of sp³-hybridized carbons (Fsp3) is 0.643. The third-order valence-electron chi connectivity index (χ3n) is 3.76. The highest BCUT2D eigenvalue weighted by Crippen LogP contribution is 2.33. The van der Waals surface area contributed by atoms with Crippen molar-refractivity contribution in [1.29, 1.82) is 0 Å². The zero-order valence-corrected chi connectivity index (χ0v) is 13.2. The molecule has 1 fully saturated rings. The predicted molar refractivity (Wildman–Crippen MR) is 78.8 cm³/mol. The molecule has 0 radical (unpaired) electrons. The Morgan fingerprint density at radius 2 is 2.15 bits per heavy atom. The van der Waals surface area contributed by atoms with Crippen LogP contribution in [0.2, 0.25) is 0 Å². The smallest absolute Gasteiger partial charge is 0.261 e. The van der Waals surface area contributed by atoms with Crippen LogP contribution in [0.25, 0.3) is 0 Å². The van der Waals surface area contributed by atoms with Gasteiger partial charge in [-0.05, 0) is 44.9 Å². The highest BCUT2D eigenvalue weighted by atomic mass is 32.2. The van der Waals surface area contributed by atoms with E-state index in [-0.39, 0.29) is 10.6 Å². The van der Waals surface area contributed by atoms with Crippen LogP contribution >= 0.6 is 0 Å². The Hall–Kier alpha value is -0.980. The fourth-order valence-corrected chi connectivity index (χ4v) is 4.34. The molecule has 0 amide bonds.